The molecule has 3 heteroatoms. The number of rotatable bonds is 4. The van der Waals surface area contributed by atoms with Crippen molar-refractivity contribution in [2.45, 2.75) is 6.92 Å². The second-order valence-corrected chi connectivity index (χ2v) is 5.76. The number of carbonyl (C=O) groups excluding carboxylic acids is 1. The minimum atomic E-state index is 0.0293. The van der Waals surface area contributed by atoms with Crippen LogP contribution in [-0.2, 0) is 4.74 Å². The van der Waals surface area contributed by atoms with Crippen LogP contribution in [0.5, 0.6) is 0 Å². The highest BCUT2D eigenvalue weighted by Crippen LogP contribution is 2.18. The average Bonchev–Trinajstić information content (AvgIpc) is 2.61. The molecular weight excluding hydrogens is 286 g/mol. The molecule has 3 rings (SSSR count). The van der Waals surface area contributed by atoms with Gasteiger partial charge in [0.15, 0.2) is 5.78 Å². The minimum absolute atomic E-state index is 0.0293. The van der Waals surface area contributed by atoms with Crippen molar-refractivity contribution >= 4 is 17.5 Å². The van der Waals surface area contributed by atoms with E-state index in [1.54, 1.807) is 6.08 Å². The maximum absolute atomic E-state index is 12.4. The van der Waals surface area contributed by atoms with Gasteiger partial charge in [0.25, 0.3) is 0 Å². The number of hydrogen-bond acceptors (Lipinski definition) is 3. The number of nitrogens with zero attached hydrogens (tertiary/aromatic N) is 1. The third-order valence-electron chi connectivity index (χ3n) is 3.98. The first kappa shape index (κ1) is 15.5. The van der Waals surface area contributed by atoms with Gasteiger partial charge in [0, 0.05) is 24.3 Å². The molecule has 1 heterocycles. The Morgan fingerprint density at radius 1 is 1.09 bits per heavy atom. The Hall–Kier alpha value is -2.39. The van der Waals surface area contributed by atoms with Crippen LogP contribution in [0, 0.1) is 6.92 Å². The molecule has 2 aromatic carbocycles. The standard InChI is InChI=1S/C20H21NO2/c1-16-4-2-5-17(14-16)8-9-20(22)18-6-3-7-19(15-18)21-10-12-23-13-11-21/h2-9,14-15H,10-13H2,1H3/b9-8+. The Labute approximate surface area is 137 Å². The summed E-state index contributed by atoms with van der Waals surface area (Å²) in [5, 5.41) is 0. The quantitative estimate of drug-likeness (QED) is 0.637. The molecule has 0 atom stereocenters. The van der Waals surface area contributed by atoms with Gasteiger partial charge >= 0.3 is 0 Å². The lowest BCUT2D eigenvalue weighted by Gasteiger charge is -2.29. The van der Waals surface area contributed by atoms with Crippen molar-refractivity contribution in [1.29, 1.82) is 0 Å². The number of morpholine rings is 1. The van der Waals surface area contributed by atoms with E-state index in [4.69, 9.17) is 4.74 Å². The first-order valence-electron chi connectivity index (χ1n) is 7.94. The van der Waals surface area contributed by atoms with Crippen LogP contribution in [0.1, 0.15) is 21.5 Å². The third kappa shape index (κ3) is 4.08. The molecule has 0 radical (unpaired) electrons. The molecule has 1 aliphatic rings. The molecule has 0 N–H and O–H groups in total. The first-order chi connectivity index (χ1) is 11.2. The fraction of sp³-hybridized carbons (Fsp3) is 0.250. The molecule has 3 nitrogen and oxygen atoms in total. The van der Waals surface area contributed by atoms with Gasteiger partial charge in [-0.15, -0.1) is 0 Å². The van der Waals surface area contributed by atoms with Gasteiger partial charge in [-0.1, -0.05) is 48.0 Å². The van der Waals surface area contributed by atoms with Crippen LogP contribution in [0.3, 0.4) is 0 Å². The van der Waals surface area contributed by atoms with Gasteiger partial charge in [-0.25, -0.2) is 0 Å². The summed E-state index contributed by atoms with van der Waals surface area (Å²) in [6.45, 7) is 5.27. The Balaban J connectivity index is 1.74. The van der Waals surface area contributed by atoms with Crippen molar-refractivity contribution in [1.82, 2.24) is 0 Å². The predicted octanol–water partition coefficient (Wildman–Crippen LogP) is 3.73. The summed E-state index contributed by atoms with van der Waals surface area (Å²) in [6, 6.07) is 15.9. The predicted molar refractivity (Wildman–Crippen MR) is 94.0 cm³/mol. The van der Waals surface area contributed by atoms with Gasteiger partial charge in [-0.2, -0.15) is 0 Å². The lowest BCUT2D eigenvalue weighted by atomic mass is 10.1. The average molecular weight is 307 g/mol. The lowest BCUT2D eigenvalue weighted by Crippen LogP contribution is -2.36. The summed E-state index contributed by atoms with van der Waals surface area (Å²) >= 11 is 0. The summed E-state index contributed by atoms with van der Waals surface area (Å²) in [4.78, 5) is 14.7. The molecule has 0 saturated carbocycles. The van der Waals surface area contributed by atoms with Crippen LogP contribution in [0.4, 0.5) is 5.69 Å². The normalized spacial score (nSPS) is 15.1. The van der Waals surface area contributed by atoms with Gasteiger partial charge in [0.05, 0.1) is 13.2 Å². The van der Waals surface area contributed by atoms with E-state index in [9.17, 15) is 4.79 Å². The third-order valence-corrected chi connectivity index (χ3v) is 3.98. The molecule has 118 valence electrons. The van der Waals surface area contributed by atoms with Crippen molar-refractivity contribution in [3.05, 3.63) is 71.3 Å². The van der Waals surface area contributed by atoms with E-state index in [1.165, 1.54) is 5.56 Å². The van der Waals surface area contributed by atoms with Crippen LogP contribution < -0.4 is 4.90 Å². The monoisotopic (exact) mass is 307 g/mol. The summed E-state index contributed by atoms with van der Waals surface area (Å²) in [5.41, 5.74) is 4.04. The molecule has 0 aromatic heterocycles. The Morgan fingerprint density at radius 2 is 1.87 bits per heavy atom. The Bertz CT molecular complexity index is 715. The Morgan fingerprint density at radius 3 is 2.65 bits per heavy atom. The first-order valence-corrected chi connectivity index (χ1v) is 7.94. The number of benzene rings is 2. The zero-order chi connectivity index (χ0) is 16.1. The smallest absolute Gasteiger partial charge is 0.185 e. The van der Waals surface area contributed by atoms with E-state index in [-0.39, 0.29) is 5.78 Å². The fourth-order valence-electron chi connectivity index (χ4n) is 2.72. The molecule has 0 spiro atoms. The molecule has 1 saturated heterocycles. The number of allylic oxidation sites excluding steroid dienone is 1. The van der Waals surface area contributed by atoms with Gasteiger partial charge < -0.3 is 9.64 Å². The summed E-state index contributed by atoms with van der Waals surface area (Å²) < 4.78 is 5.38. The van der Waals surface area contributed by atoms with Gasteiger partial charge in [0.2, 0.25) is 0 Å². The van der Waals surface area contributed by atoms with E-state index in [1.807, 2.05) is 55.5 Å². The van der Waals surface area contributed by atoms with Crippen LogP contribution >= 0.6 is 0 Å². The van der Waals surface area contributed by atoms with E-state index >= 15 is 0 Å². The number of ether oxygens (including phenoxy) is 1. The number of carbonyl (C=O) groups is 1. The van der Waals surface area contributed by atoms with Crippen molar-refractivity contribution in [3.63, 3.8) is 0 Å². The molecule has 0 aliphatic carbocycles. The van der Waals surface area contributed by atoms with Crippen molar-refractivity contribution in [2.75, 3.05) is 31.2 Å². The highest BCUT2D eigenvalue weighted by atomic mass is 16.5. The van der Waals surface area contributed by atoms with E-state index < -0.39 is 0 Å². The van der Waals surface area contributed by atoms with E-state index in [2.05, 4.69) is 11.0 Å². The van der Waals surface area contributed by atoms with E-state index in [0.29, 0.717) is 0 Å². The molecule has 1 fully saturated rings. The number of aryl methyl sites for hydroxylation is 1. The topological polar surface area (TPSA) is 29.5 Å². The van der Waals surface area contributed by atoms with E-state index in [0.717, 1.165) is 43.1 Å². The largest absolute Gasteiger partial charge is 0.378 e. The fourth-order valence-corrected chi connectivity index (χ4v) is 2.72. The maximum Gasteiger partial charge on any atom is 0.185 e. The molecule has 0 amide bonds. The highest BCUT2D eigenvalue weighted by molar-refractivity contribution is 6.07. The summed E-state index contributed by atoms with van der Waals surface area (Å²) in [5.74, 6) is 0.0293. The molecule has 1 aliphatic heterocycles. The summed E-state index contributed by atoms with van der Waals surface area (Å²) in [7, 11) is 0. The molecule has 2 aromatic rings. The van der Waals surface area contributed by atoms with Gasteiger partial charge in [-0.05, 0) is 30.7 Å². The van der Waals surface area contributed by atoms with Crippen molar-refractivity contribution < 1.29 is 9.53 Å². The second-order valence-electron chi connectivity index (χ2n) is 5.76. The van der Waals surface area contributed by atoms with Crippen LogP contribution in [0.2, 0.25) is 0 Å². The lowest BCUT2D eigenvalue weighted by molar-refractivity contribution is 0.104. The molecule has 23 heavy (non-hydrogen) atoms. The van der Waals surface area contributed by atoms with Gasteiger partial charge in [-0.3, -0.25) is 4.79 Å². The van der Waals surface area contributed by atoms with Crippen LogP contribution in [0.25, 0.3) is 6.08 Å². The maximum atomic E-state index is 12.4. The highest BCUT2D eigenvalue weighted by Gasteiger charge is 2.12. The van der Waals surface area contributed by atoms with Crippen molar-refractivity contribution in [2.24, 2.45) is 0 Å². The molecule has 0 unspecified atom stereocenters. The Kier molecular flexibility index (Phi) is 4.89. The SMILES string of the molecule is Cc1cccc(/C=C/C(=O)c2cccc(N3CCOCC3)c2)c1. The molecule has 0 bridgehead atoms. The van der Waals surface area contributed by atoms with Gasteiger partial charge in [0.1, 0.15) is 0 Å². The number of ketones is 1. The zero-order valence-corrected chi connectivity index (χ0v) is 13.4. The second kappa shape index (κ2) is 7.25. The van der Waals surface area contributed by atoms with Crippen molar-refractivity contribution in [3.8, 4) is 0 Å². The summed E-state index contributed by atoms with van der Waals surface area (Å²) in [6.07, 6.45) is 3.52. The zero-order valence-electron chi connectivity index (χ0n) is 13.4. The van der Waals surface area contributed by atoms with Crippen LogP contribution in [-0.4, -0.2) is 32.1 Å². The number of hydrogen-bond donors (Lipinski definition) is 0. The minimum Gasteiger partial charge on any atom is -0.378 e. The number of anilines is 1. The molecular formula is C20H21NO2. The van der Waals surface area contributed by atoms with Crippen LogP contribution in [0.15, 0.2) is 54.6 Å².